The van der Waals surface area contributed by atoms with Crippen molar-refractivity contribution < 1.29 is 27.8 Å². The number of ether oxygens (including phenoxy) is 2. The monoisotopic (exact) mass is 374 g/mol. The number of fused-ring (bicyclic) bond motifs is 1. The van der Waals surface area contributed by atoms with Gasteiger partial charge in [-0.3, -0.25) is 9.59 Å². The first-order valence-corrected chi connectivity index (χ1v) is 8.41. The maximum atomic E-state index is 14.2. The van der Waals surface area contributed by atoms with Gasteiger partial charge in [-0.25, -0.2) is 8.78 Å². The molecule has 2 heterocycles. The second kappa shape index (κ2) is 6.96. The van der Waals surface area contributed by atoms with Crippen molar-refractivity contribution in [1.82, 2.24) is 4.90 Å². The number of likely N-dealkylation sites (tertiary alicyclic amines) is 1. The molecule has 0 spiro atoms. The molecule has 4 rings (SSSR count). The maximum Gasteiger partial charge on any atom is 0.262 e. The van der Waals surface area contributed by atoms with Gasteiger partial charge in [0.2, 0.25) is 0 Å². The largest absolute Gasteiger partial charge is 0.481 e. The summed E-state index contributed by atoms with van der Waals surface area (Å²) >= 11 is 0. The highest BCUT2D eigenvalue weighted by atomic mass is 19.1. The van der Waals surface area contributed by atoms with Gasteiger partial charge in [-0.15, -0.1) is 0 Å². The van der Waals surface area contributed by atoms with Crippen LogP contribution in [0.3, 0.4) is 0 Å². The fraction of sp³-hybridized carbons (Fsp3) is 0.263. The van der Waals surface area contributed by atoms with Crippen LogP contribution in [0.15, 0.2) is 36.4 Å². The van der Waals surface area contributed by atoms with Crippen LogP contribution in [0.1, 0.15) is 15.9 Å². The van der Waals surface area contributed by atoms with Crippen molar-refractivity contribution in [1.29, 1.82) is 0 Å². The van der Waals surface area contributed by atoms with Crippen molar-refractivity contribution in [3.63, 3.8) is 0 Å². The maximum absolute atomic E-state index is 14.2. The number of hydrogen-bond donors (Lipinski definition) is 1. The van der Waals surface area contributed by atoms with E-state index in [9.17, 15) is 18.4 Å². The number of hydrogen-bond acceptors (Lipinski definition) is 4. The predicted molar refractivity (Wildman–Crippen MR) is 91.4 cm³/mol. The van der Waals surface area contributed by atoms with Crippen LogP contribution in [-0.2, 0) is 16.1 Å². The molecule has 0 aliphatic carbocycles. The lowest BCUT2D eigenvalue weighted by atomic mass is 10.1. The Hall–Kier alpha value is -3.00. The number of halogens is 2. The topological polar surface area (TPSA) is 67.9 Å². The number of nitrogens with one attached hydrogen (secondary N) is 1. The van der Waals surface area contributed by atoms with E-state index in [1.807, 2.05) is 0 Å². The van der Waals surface area contributed by atoms with Crippen molar-refractivity contribution in [2.45, 2.75) is 12.7 Å². The van der Waals surface area contributed by atoms with E-state index in [-0.39, 0.29) is 48.0 Å². The number of benzene rings is 2. The van der Waals surface area contributed by atoms with Crippen LogP contribution >= 0.6 is 0 Å². The molecule has 2 amide bonds. The number of nitrogens with zero attached hydrogens (tertiary/aromatic N) is 1. The summed E-state index contributed by atoms with van der Waals surface area (Å²) < 4.78 is 38.2. The Labute approximate surface area is 153 Å². The van der Waals surface area contributed by atoms with E-state index in [1.54, 1.807) is 12.1 Å². The molecule has 2 aliphatic heterocycles. The fourth-order valence-corrected chi connectivity index (χ4v) is 2.99. The molecule has 0 bridgehead atoms. The molecule has 0 radical (unpaired) electrons. The minimum atomic E-state index is -0.709. The van der Waals surface area contributed by atoms with Crippen LogP contribution in [0.5, 0.6) is 5.75 Å². The molecule has 0 unspecified atom stereocenters. The highest BCUT2D eigenvalue weighted by Gasteiger charge is 2.34. The summed E-state index contributed by atoms with van der Waals surface area (Å²) in [6, 6.07) is 8.48. The highest BCUT2D eigenvalue weighted by molar-refractivity contribution is 6.00. The first-order valence-electron chi connectivity index (χ1n) is 8.41. The summed E-state index contributed by atoms with van der Waals surface area (Å²) in [5.41, 5.74) is 0.842. The second-order valence-electron chi connectivity index (χ2n) is 6.44. The molecule has 2 aromatic carbocycles. The Morgan fingerprint density at radius 2 is 2.07 bits per heavy atom. The van der Waals surface area contributed by atoms with Crippen LogP contribution in [0, 0.1) is 11.6 Å². The molecular formula is C19H16F2N2O4. The fourth-order valence-electron chi connectivity index (χ4n) is 2.99. The van der Waals surface area contributed by atoms with Gasteiger partial charge in [-0.05, 0) is 23.8 Å². The summed E-state index contributed by atoms with van der Waals surface area (Å²) in [6.45, 7) is 0.679. The van der Waals surface area contributed by atoms with E-state index in [0.717, 1.165) is 6.07 Å². The van der Waals surface area contributed by atoms with E-state index in [2.05, 4.69) is 5.32 Å². The highest BCUT2D eigenvalue weighted by Crippen LogP contribution is 2.31. The quantitative estimate of drug-likeness (QED) is 0.892. The standard InChI is InChI=1S/C19H16F2N2O4/c20-12-3-1-2-11(4-12)9-26-13-7-23(8-13)19(25)14-5-16-17(6-15(14)21)27-10-18(24)22-16/h1-6,13H,7-10H2,(H,22,24). The molecule has 1 saturated heterocycles. The van der Waals surface area contributed by atoms with Crippen LogP contribution in [0.2, 0.25) is 0 Å². The number of carbonyl (C=O) groups excluding carboxylic acids is 2. The van der Waals surface area contributed by atoms with Crippen LogP contribution in [-0.4, -0.2) is 42.5 Å². The summed E-state index contributed by atoms with van der Waals surface area (Å²) in [5.74, 6) is -1.69. The number of anilines is 1. The Morgan fingerprint density at radius 1 is 1.26 bits per heavy atom. The van der Waals surface area contributed by atoms with Gasteiger partial charge in [-0.1, -0.05) is 12.1 Å². The molecular weight excluding hydrogens is 358 g/mol. The molecule has 140 valence electrons. The molecule has 0 saturated carbocycles. The molecule has 8 heteroatoms. The minimum Gasteiger partial charge on any atom is -0.481 e. The van der Waals surface area contributed by atoms with E-state index >= 15 is 0 Å². The van der Waals surface area contributed by atoms with Gasteiger partial charge in [-0.2, -0.15) is 0 Å². The zero-order chi connectivity index (χ0) is 19.0. The van der Waals surface area contributed by atoms with E-state index in [0.29, 0.717) is 18.7 Å². The zero-order valence-corrected chi connectivity index (χ0v) is 14.2. The average molecular weight is 374 g/mol. The Bertz CT molecular complexity index is 913. The Morgan fingerprint density at radius 3 is 2.85 bits per heavy atom. The van der Waals surface area contributed by atoms with Crippen molar-refractivity contribution in [3.8, 4) is 5.75 Å². The van der Waals surface area contributed by atoms with Gasteiger partial charge < -0.3 is 19.7 Å². The third kappa shape index (κ3) is 3.61. The Balaban J connectivity index is 1.36. The third-order valence-corrected chi connectivity index (χ3v) is 4.44. The van der Waals surface area contributed by atoms with E-state index in [4.69, 9.17) is 9.47 Å². The first kappa shape index (κ1) is 17.4. The minimum absolute atomic E-state index is 0.136. The smallest absolute Gasteiger partial charge is 0.262 e. The normalized spacial score (nSPS) is 16.2. The summed E-state index contributed by atoms with van der Waals surface area (Å²) in [6.07, 6.45) is -0.194. The third-order valence-electron chi connectivity index (χ3n) is 4.44. The zero-order valence-electron chi connectivity index (χ0n) is 14.2. The number of carbonyl (C=O) groups is 2. The summed E-state index contributed by atoms with van der Waals surface area (Å²) in [5, 5.41) is 2.55. The lowest BCUT2D eigenvalue weighted by Gasteiger charge is -2.39. The van der Waals surface area contributed by atoms with Gasteiger partial charge in [0, 0.05) is 19.2 Å². The van der Waals surface area contributed by atoms with Crippen molar-refractivity contribution in [2.24, 2.45) is 0 Å². The average Bonchev–Trinajstić information content (AvgIpc) is 2.60. The Kier molecular flexibility index (Phi) is 4.49. The van der Waals surface area contributed by atoms with Crippen LogP contribution < -0.4 is 10.1 Å². The molecule has 2 aromatic rings. The van der Waals surface area contributed by atoms with E-state index < -0.39 is 11.7 Å². The molecule has 27 heavy (non-hydrogen) atoms. The molecule has 6 nitrogen and oxygen atoms in total. The van der Waals surface area contributed by atoms with Gasteiger partial charge in [0.15, 0.2) is 6.61 Å². The SMILES string of the molecule is O=C1COc2cc(F)c(C(=O)N3CC(OCc4cccc(F)c4)C3)cc2N1. The van der Waals surface area contributed by atoms with E-state index in [1.165, 1.54) is 23.1 Å². The summed E-state index contributed by atoms with van der Waals surface area (Å²) in [7, 11) is 0. The number of amides is 2. The summed E-state index contributed by atoms with van der Waals surface area (Å²) in [4.78, 5) is 25.3. The lowest BCUT2D eigenvalue weighted by Crippen LogP contribution is -2.54. The van der Waals surface area contributed by atoms with Crippen molar-refractivity contribution in [3.05, 3.63) is 59.2 Å². The van der Waals surface area contributed by atoms with Crippen molar-refractivity contribution >= 4 is 17.5 Å². The molecule has 2 aliphatic rings. The van der Waals surface area contributed by atoms with Gasteiger partial charge in [0.25, 0.3) is 11.8 Å². The first-order chi connectivity index (χ1) is 13.0. The predicted octanol–water partition coefficient (Wildman–Crippen LogP) is 2.34. The lowest BCUT2D eigenvalue weighted by molar-refractivity contribution is -0.118. The molecule has 0 atom stereocenters. The van der Waals surface area contributed by atoms with Crippen LogP contribution in [0.25, 0.3) is 0 Å². The number of rotatable bonds is 4. The second-order valence-corrected chi connectivity index (χ2v) is 6.44. The molecule has 1 fully saturated rings. The van der Waals surface area contributed by atoms with Gasteiger partial charge in [0.05, 0.1) is 24.0 Å². The molecule has 1 N–H and O–H groups in total. The van der Waals surface area contributed by atoms with Crippen LogP contribution in [0.4, 0.5) is 14.5 Å². The van der Waals surface area contributed by atoms with Gasteiger partial charge >= 0.3 is 0 Å². The van der Waals surface area contributed by atoms with Gasteiger partial charge in [0.1, 0.15) is 17.4 Å². The molecule has 0 aromatic heterocycles. The van der Waals surface area contributed by atoms with Crippen molar-refractivity contribution in [2.75, 3.05) is 25.0 Å².